The molecule has 148 valence electrons. The Labute approximate surface area is 161 Å². The Balaban J connectivity index is 1.21. The standard InChI is InChI=1S/C21H31N3O3/c1-23(14-18-15-26-19-8-4-5-9-20(19)27-18)21(25)22-16-10-12-24(13-11-16)17-6-2-3-7-17/h4-5,8-9,16-18H,2-3,6-7,10-15H2,1H3,(H,22,25)/t18-/m1/s1. The first kappa shape index (κ1) is 18.4. The molecule has 0 radical (unpaired) electrons. The van der Waals surface area contributed by atoms with Crippen molar-refractivity contribution in [1.29, 1.82) is 0 Å². The van der Waals surface area contributed by atoms with Gasteiger partial charge < -0.3 is 24.6 Å². The molecule has 4 rings (SSSR count). The van der Waals surface area contributed by atoms with Crippen LogP contribution in [0.4, 0.5) is 4.79 Å². The summed E-state index contributed by atoms with van der Waals surface area (Å²) >= 11 is 0. The molecular formula is C21H31N3O3. The van der Waals surface area contributed by atoms with Gasteiger partial charge >= 0.3 is 6.03 Å². The number of urea groups is 1. The van der Waals surface area contributed by atoms with Gasteiger partial charge in [-0.2, -0.15) is 0 Å². The number of ether oxygens (including phenoxy) is 2. The van der Waals surface area contributed by atoms with E-state index in [1.54, 1.807) is 4.90 Å². The van der Waals surface area contributed by atoms with Crippen LogP contribution in [0.5, 0.6) is 11.5 Å². The fraction of sp³-hybridized carbons (Fsp3) is 0.667. The minimum atomic E-state index is -0.139. The number of rotatable bonds is 4. The highest BCUT2D eigenvalue weighted by molar-refractivity contribution is 5.74. The number of nitrogens with one attached hydrogen (secondary N) is 1. The van der Waals surface area contributed by atoms with Crippen molar-refractivity contribution in [3.8, 4) is 11.5 Å². The Morgan fingerprint density at radius 2 is 1.85 bits per heavy atom. The van der Waals surface area contributed by atoms with Crippen LogP contribution in [-0.4, -0.2) is 67.3 Å². The average Bonchev–Trinajstić information content (AvgIpc) is 3.23. The summed E-state index contributed by atoms with van der Waals surface area (Å²) in [7, 11) is 1.83. The van der Waals surface area contributed by atoms with Gasteiger partial charge in [-0.1, -0.05) is 25.0 Å². The molecule has 1 aromatic rings. The summed E-state index contributed by atoms with van der Waals surface area (Å²) in [5.41, 5.74) is 0. The smallest absolute Gasteiger partial charge is 0.317 e. The molecule has 6 nitrogen and oxygen atoms in total. The lowest BCUT2D eigenvalue weighted by atomic mass is 10.0. The van der Waals surface area contributed by atoms with Crippen LogP contribution in [-0.2, 0) is 0 Å². The molecule has 2 fully saturated rings. The molecule has 2 amide bonds. The van der Waals surface area contributed by atoms with E-state index in [4.69, 9.17) is 9.47 Å². The molecule has 1 saturated heterocycles. The normalized spacial score (nSPS) is 24.0. The van der Waals surface area contributed by atoms with Gasteiger partial charge in [0.2, 0.25) is 0 Å². The average molecular weight is 373 g/mol. The predicted octanol–water partition coefficient (Wildman–Crippen LogP) is 2.87. The number of carbonyl (C=O) groups is 1. The summed E-state index contributed by atoms with van der Waals surface area (Å²) in [4.78, 5) is 16.9. The zero-order chi connectivity index (χ0) is 18.6. The first-order valence-corrected chi connectivity index (χ1v) is 10.3. The molecule has 1 N–H and O–H groups in total. The Kier molecular flexibility index (Phi) is 5.72. The highest BCUT2D eigenvalue weighted by Crippen LogP contribution is 2.31. The molecule has 2 aliphatic heterocycles. The highest BCUT2D eigenvalue weighted by Gasteiger charge is 2.29. The number of fused-ring (bicyclic) bond motifs is 1. The molecule has 1 aromatic carbocycles. The third-order valence-corrected chi connectivity index (χ3v) is 6.09. The molecule has 6 heteroatoms. The van der Waals surface area contributed by atoms with Gasteiger partial charge in [0, 0.05) is 32.2 Å². The van der Waals surface area contributed by atoms with Crippen LogP contribution in [0.1, 0.15) is 38.5 Å². The van der Waals surface area contributed by atoms with E-state index in [0.29, 0.717) is 13.2 Å². The van der Waals surface area contributed by atoms with Gasteiger partial charge in [-0.3, -0.25) is 0 Å². The Morgan fingerprint density at radius 3 is 2.59 bits per heavy atom. The summed E-state index contributed by atoms with van der Waals surface area (Å²) < 4.78 is 11.7. The lowest BCUT2D eigenvalue weighted by molar-refractivity contribution is 0.0704. The number of para-hydroxylation sites is 2. The Hall–Kier alpha value is -1.95. The van der Waals surface area contributed by atoms with Crippen LogP contribution in [0.2, 0.25) is 0 Å². The lowest BCUT2D eigenvalue weighted by Crippen LogP contribution is -2.51. The second-order valence-corrected chi connectivity index (χ2v) is 8.08. The summed E-state index contributed by atoms with van der Waals surface area (Å²) in [5.74, 6) is 1.52. The molecule has 27 heavy (non-hydrogen) atoms. The molecule has 2 heterocycles. The van der Waals surface area contributed by atoms with Crippen LogP contribution in [0.25, 0.3) is 0 Å². The van der Waals surface area contributed by atoms with Gasteiger partial charge in [0.15, 0.2) is 17.6 Å². The van der Waals surface area contributed by atoms with Crippen molar-refractivity contribution in [3.63, 3.8) is 0 Å². The van der Waals surface area contributed by atoms with Crippen LogP contribution in [0, 0.1) is 0 Å². The number of likely N-dealkylation sites (N-methyl/N-ethyl adjacent to an activating group) is 1. The van der Waals surface area contributed by atoms with Crippen molar-refractivity contribution in [2.24, 2.45) is 0 Å². The summed E-state index contributed by atoms with van der Waals surface area (Å²) in [6, 6.07) is 8.72. The van der Waals surface area contributed by atoms with Crippen molar-refractivity contribution in [1.82, 2.24) is 15.1 Å². The molecule has 0 aromatic heterocycles. The molecular weight excluding hydrogens is 342 g/mol. The van der Waals surface area contributed by atoms with E-state index in [0.717, 1.165) is 43.5 Å². The number of nitrogens with zero attached hydrogens (tertiary/aromatic N) is 2. The second kappa shape index (κ2) is 8.38. The maximum atomic E-state index is 12.6. The fourth-order valence-electron chi connectivity index (χ4n) is 4.50. The summed E-state index contributed by atoms with van der Waals surface area (Å²) in [5, 5.41) is 3.20. The minimum Gasteiger partial charge on any atom is -0.486 e. The maximum absolute atomic E-state index is 12.6. The second-order valence-electron chi connectivity index (χ2n) is 8.08. The van der Waals surface area contributed by atoms with Crippen molar-refractivity contribution in [2.75, 3.05) is 33.3 Å². The van der Waals surface area contributed by atoms with Gasteiger partial charge in [0.05, 0.1) is 6.54 Å². The lowest BCUT2D eigenvalue weighted by Gasteiger charge is -2.37. The van der Waals surface area contributed by atoms with E-state index in [-0.39, 0.29) is 18.2 Å². The van der Waals surface area contributed by atoms with E-state index in [1.165, 1.54) is 25.7 Å². The first-order valence-electron chi connectivity index (χ1n) is 10.3. The summed E-state index contributed by atoms with van der Waals surface area (Å²) in [6.45, 7) is 3.20. The molecule has 0 unspecified atom stereocenters. The number of hydrogen-bond acceptors (Lipinski definition) is 4. The first-order chi connectivity index (χ1) is 13.2. The van der Waals surface area contributed by atoms with E-state index in [1.807, 2.05) is 31.3 Å². The van der Waals surface area contributed by atoms with Gasteiger partial charge in [-0.05, 0) is 37.8 Å². The highest BCUT2D eigenvalue weighted by atomic mass is 16.6. The quantitative estimate of drug-likeness (QED) is 0.882. The van der Waals surface area contributed by atoms with Crippen molar-refractivity contribution >= 4 is 6.03 Å². The number of hydrogen-bond donors (Lipinski definition) is 1. The number of benzene rings is 1. The van der Waals surface area contributed by atoms with Gasteiger partial charge in [0.25, 0.3) is 0 Å². The molecule has 1 atom stereocenters. The molecule has 1 saturated carbocycles. The number of amides is 2. The Morgan fingerprint density at radius 1 is 1.15 bits per heavy atom. The van der Waals surface area contributed by atoms with Gasteiger partial charge in [0.1, 0.15) is 6.61 Å². The van der Waals surface area contributed by atoms with Crippen LogP contribution < -0.4 is 14.8 Å². The predicted molar refractivity (Wildman–Crippen MR) is 104 cm³/mol. The third-order valence-electron chi connectivity index (χ3n) is 6.09. The van der Waals surface area contributed by atoms with Crippen molar-refractivity contribution in [3.05, 3.63) is 24.3 Å². The van der Waals surface area contributed by atoms with Crippen molar-refractivity contribution < 1.29 is 14.3 Å². The zero-order valence-corrected chi connectivity index (χ0v) is 16.2. The van der Waals surface area contributed by atoms with Crippen LogP contribution in [0.3, 0.4) is 0 Å². The van der Waals surface area contributed by atoms with E-state index < -0.39 is 0 Å². The topological polar surface area (TPSA) is 54.0 Å². The minimum absolute atomic E-state index is 0.0169. The van der Waals surface area contributed by atoms with Crippen LogP contribution >= 0.6 is 0 Å². The van der Waals surface area contributed by atoms with Crippen molar-refractivity contribution in [2.45, 2.75) is 56.7 Å². The summed E-state index contributed by atoms with van der Waals surface area (Å²) in [6.07, 6.45) is 7.42. The zero-order valence-electron chi connectivity index (χ0n) is 16.2. The monoisotopic (exact) mass is 373 g/mol. The molecule has 0 spiro atoms. The van der Waals surface area contributed by atoms with Gasteiger partial charge in [-0.25, -0.2) is 4.79 Å². The van der Waals surface area contributed by atoms with Gasteiger partial charge in [-0.15, -0.1) is 0 Å². The number of carbonyl (C=O) groups excluding carboxylic acids is 1. The number of likely N-dealkylation sites (tertiary alicyclic amines) is 1. The molecule has 3 aliphatic rings. The fourth-order valence-corrected chi connectivity index (χ4v) is 4.50. The molecule has 0 bridgehead atoms. The number of piperidine rings is 1. The SMILES string of the molecule is CN(C[C@@H]1COc2ccccc2O1)C(=O)NC1CCN(C2CCCC2)CC1. The van der Waals surface area contributed by atoms with E-state index in [9.17, 15) is 4.79 Å². The van der Waals surface area contributed by atoms with Crippen LogP contribution in [0.15, 0.2) is 24.3 Å². The third kappa shape index (κ3) is 4.49. The molecule has 1 aliphatic carbocycles. The maximum Gasteiger partial charge on any atom is 0.317 e. The van der Waals surface area contributed by atoms with E-state index in [2.05, 4.69) is 10.2 Å². The largest absolute Gasteiger partial charge is 0.486 e. The van der Waals surface area contributed by atoms with E-state index >= 15 is 0 Å². The Bertz CT molecular complexity index is 639.